The Balaban J connectivity index is 1.90. The molecule has 0 amide bonds. The molecule has 80 valence electrons. The van der Waals surface area contributed by atoms with Crippen molar-refractivity contribution >= 4 is 16.9 Å². The largest absolute Gasteiger partial charge is 0.359 e. The third kappa shape index (κ3) is 2.25. The Morgan fingerprint density at radius 1 is 1.43 bits per heavy atom. The highest BCUT2D eigenvalue weighted by molar-refractivity contribution is 8.14. The van der Waals surface area contributed by atoms with Crippen molar-refractivity contribution in [1.29, 1.82) is 0 Å². The highest BCUT2D eigenvalue weighted by Gasteiger charge is 2.39. The fraction of sp³-hybridized carbons (Fsp3) is 0.909. The standard InChI is InChI=1S/C11H20N2S/c1-9(2)7-12-10-13-11(8-14-10)5-3-4-6-11/h9H,3-8H2,1-2H3,(H,12,13). The van der Waals surface area contributed by atoms with E-state index in [2.05, 4.69) is 24.2 Å². The van der Waals surface area contributed by atoms with Gasteiger partial charge < -0.3 is 5.32 Å². The molecule has 0 atom stereocenters. The molecule has 1 spiro atoms. The summed E-state index contributed by atoms with van der Waals surface area (Å²) >= 11 is 1.92. The zero-order chi connectivity index (χ0) is 10.0. The normalized spacial score (nSPS) is 27.8. The molecule has 0 radical (unpaired) electrons. The molecule has 1 aliphatic carbocycles. The minimum atomic E-state index is 0.431. The summed E-state index contributed by atoms with van der Waals surface area (Å²) in [7, 11) is 0. The zero-order valence-corrected chi connectivity index (χ0v) is 9.99. The van der Waals surface area contributed by atoms with Gasteiger partial charge in [0, 0.05) is 17.8 Å². The molecule has 0 bridgehead atoms. The van der Waals surface area contributed by atoms with E-state index in [0.717, 1.165) is 6.54 Å². The van der Waals surface area contributed by atoms with E-state index in [9.17, 15) is 0 Å². The minimum Gasteiger partial charge on any atom is -0.359 e. The van der Waals surface area contributed by atoms with Crippen molar-refractivity contribution in [3.8, 4) is 0 Å². The number of nitrogens with zero attached hydrogens (tertiary/aromatic N) is 1. The first-order valence-corrected chi connectivity index (χ1v) is 6.64. The highest BCUT2D eigenvalue weighted by Crippen LogP contribution is 2.37. The molecule has 1 heterocycles. The summed E-state index contributed by atoms with van der Waals surface area (Å²) in [5.41, 5.74) is 0.431. The number of thioether (sulfide) groups is 1. The first-order valence-electron chi connectivity index (χ1n) is 5.66. The van der Waals surface area contributed by atoms with Crippen LogP contribution in [0.2, 0.25) is 0 Å². The lowest BCUT2D eigenvalue weighted by molar-refractivity contribution is 0.452. The molecule has 2 aliphatic rings. The molecular weight excluding hydrogens is 192 g/mol. The lowest BCUT2D eigenvalue weighted by Crippen LogP contribution is -2.40. The van der Waals surface area contributed by atoms with Gasteiger partial charge in [0.1, 0.15) is 0 Å². The Hall–Kier alpha value is -0.180. The van der Waals surface area contributed by atoms with Crippen LogP contribution in [0.15, 0.2) is 4.99 Å². The molecule has 14 heavy (non-hydrogen) atoms. The molecule has 0 aromatic carbocycles. The SMILES string of the molecule is CC(C)CN=C1NC2(CCCC2)CS1. The first kappa shape index (κ1) is 10.3. The lowest BCUT2D eigenvalue weighted by atomic mass is 10.0. The maximum atomic E-state index is 4.61. The smallest absolute Gasteiger partial charge is 0.157 e. The molecule has 3 heteroatoms. The van der Waals surface area contributed by atoms with Crippen LogP contribution in [0.5, 0.6) is 0 Å². The van der Waals surface area contributed by atoms with Gasteiger partial charge in [0.05, 0.1) is 0 Å². The van der Waals surface area contributed by atoms with E-state index in [1.54, 1.807) is 0 Å². The van der Waals surface area contributed by atoms with E-state index in [-0.39, 0.29) is 0 Å². The van der Waals surface area contributed by atoms with Crippen LogP contribution in [0.4, 0.5) is 0 Å². The Morgan fingerprint density at radius 2 is 2.14 bits per heavy atom. The fourth-order valence-corrected chi connectivity index (χ4v) is 3.41. The topological polar surface area (TPSA) is 24.4 Å². The van der Waals surface area contributed by atoms with Crippen molar-refractivity contribution in [3.05, 3.63) is 0 Å². The zero-order valence-electron chi connectivity index (χ0n) is 9.18. The Kier molecular flexibility index (Phi) is 3.05. The van der Waals surface area contributed by atoms with Crippen molar-refractivity contribution in [2.75, 3.05) is 12.3 Å². The van der Waals surface area contributed by atoms with Gasteiger partial charge in [0.15, 0.2) is 5.17 Å². The van der Waals surface area contributed by atoms with Gasteiger partial charge in [-0.05, 0) is 18.8 Å². The Bertz CT molecular complexity index is 229. The molecule has 0 aromatic rings. The molecule has 1 aliphatic heterocycles. The quantitative estimate of drug-likeness (QED) is 0.761. The summed E-state index contributed by atoms with van der Waals surface area (Å²) in [6.07, 6.45) is 5.48. The monoisotopic (exact) mass is 212 g/mol. The summed E-state index contributed by atoms with van der Waals surface area (Å²) in [5, 5.41) is 4.83. The van der Waals surface area contributed by atoms with E-state index >= 15 is 0 Å². The van der Waals surface area contributed by atoms with E-state index in [1.165, 1.54) is 36.6 Å². The van der Waals surface area contributed by atoms with Crippen LogP contribution in [-0.4, -0.2) is 23.0 Å². The second-order valence-electron chi connectivity index (χ2n) is 4.94. The number of hydrogen-bond acceptors (Lipinski definition) is 2. The Morgan fingerprint density at radius 3 is 2.79 bits per heavy atom. The van der Waals surface area contributed by atoms with Crippen LogP contribution >= 0.6 is 11.8 Å². The number of amidine groups is 1. The van der Waals surface area contributed by atoms with Gasteiger partial charge in [-0.3, -0.25) is 4.99 Å². The number of hydrogen-bond donors (Lipinski definition) is 1. The van der Waals surface area contributed by atoms with Crippen LogP contribution < -0.4 is 5.32 Å². The van der Waals surface area contributed by atoms with E-state index < -0.39 is 0 Å². The van der Waals surface area contributed by atoms with E-state index in [0.29, 0.717) is 11.5 Å². The molecule has 2 fully saturated rings. The summed E-state index contributed by atoms with van der Waals surface area (Å²) < 4.78 is 0. The van der Waals surface area contributed by atoms with Crippen molar-refractivity contribution in [3.63, 3.8) is 0 Å². The van der Waals surface area contributed by atoms with Crippen molar-refractivity contribution in [2.45, 2.75) is 45.1 Å². The van der Waals surface area contributed by atoms with Crippen LogP contribution in [-0.2, 0) is 0 Å². The number of rotatable bonds is 2. The van der Waals surface area contributed by atoms with E-state index in [1.807, 2.05) is 11.8 Å². The molecule has 1 N–H and O–H groups in total. The molecule has 0 aromatic heterocycles. The molecule has 2 rings (SSSR count). The maximum absolute atomic E-state index is 4.61. The number of aliphatic imine (C=N–C) groups is 1. The van der Waals surface area contributed by atoms with Gasteiger partial charge in [-0.25, -0.2) is 0 Å². The van der Waals surface area contributed by atoms with Gasteiger partial charge in [-0.2, -0.15) is 0 Å². The van der Waals surface area contributed by atoms with Crippen LogP contribution in [0, 0.1) is 5.92 Å². The average Bonchev–Trinajstić information content (AvgIpc) is 2.74. The Labute approximate surface area is 90.9 Å². The van der Waals surface area contributed by atoms with Gasteiger partial charge in [-0.15, -0.1) is 0 Å². The molecule has 1 saturated heterocycles. The predicted molar refractivity (Wildman–Crippen MR) is 63.9 cm³/mol. The van der Waals surface area contributed by atoms with Gasteiger partial charge in [0.2, 0.25) is 0 Å². The van der Waals surface area contributed by atoms with Crippen LogP contribution in [0.1, 0.15) is 39.5 Å². The van der Waals surface area contributed by atoms with Crippen molar-refractivity contribution in [1.82, 2.24) is 5.32 Å². The van der Waals surface area contributed by atoms with Crippen molar-refractivity contribution in [2.24, 2.45) is 10.9 Å². The molecular formula is C11H20N2S. The molecule has 0 unspecified atom stereocenters. The third-order valence-corrected chi connectivity index (χ3v) is 4.22. The average molecular weight is 212 g/mol. The van der Waals surface area contributed by atoms with Gasteiger partial charge in [-0.1, -0.05) is 38.5 Å². The van der Waals surface area contributed by atoms with Gasteiger partial charge in [0.25, 0.3) is 0 Å². The summed E-state index contributed by atoms with van der Waals surface area (Å²) in [6, 6.07) is 0. The first-order chi connectivity index (χ1) is 6.70. The maximum Gasteiger partial charge on any atom is 0.157 e. The third-order valence-electron chi connectivity index (χ3n) is 3.02. The minimum absolute atomic E-state index is 0.431. The second-order valence-corrected chi connectivity index (χ2v) is 5.90. The fourth-order valence-electron chi connectivity index (χ4n) is 2.18. The number of nitrogens with one attached hydrogen (secondary N) is 1. The summed E-state index contributed by atoms with van der Waals surface area (Å²) in [6.45, 7) is 5.40. The lowest BCUT2D eigenvalue weighted by Gasteiger charge is -2.21. The molecule has 2 nitrogen and oxygen atoms in total. The molecule has 1 saturated carbocycles. The summed E-state index contributed by atoms with van der Waals surface area (Å²) in [5.74, 6) is 1.91. The van der Waals surface area contributed by atoms with Crippen LogP contribution in [0.3, 0.4) is 0 Å². The summed E-state index contributed by atoms with van der Waals surface area (Å²) in [4.78, 5) is 4.61. The van der Waals surface area contributed by atoms with E-state index in [4.69, 9.17) is 0 Å². The highest BCUT2D eigenvalue weighted by atomic mass is 32.2. The second kappa shape index (κ2) is 4.13. The van der Waals surface area contributed by atoms with Crippen molar-refractivity contribution < 1.29 is 0 Å². The van der Waals surface area contributed by atoms with Crippen LogP contribution in [0.25, 0.3) is 0 Å². The predicted octanol–water partition coefficient (Wildman–Crippen LogP) is 2.65. The van der Waals surface area contributed by atoms with Gasteiger partial charge >= 0.3 is 0 Å².